The first-order valence-electron chi connectivity index (χ1n) is 9.99. The van der Waals surface area contributed by atoms with Crippen molar-refractivity contribution in [2.75, 3.05) is 0 Å². The number of hydrogen-bond donors (Lipinski definition) is 0. The third-order valence-corrected chi connectivity index (χ3v) is 5.65. The molecule has 0 amide bonds. The summed E-state index contributed by atoms with van der Waals surface area (Å²) in [5.74, 6) is 2.01. The fourth-order valence-corrected chi connectivity index (χ4v) is 3.99. The van der Waals surface area contributed by atoms with E-state index in [0.29, 0.717) is 17.5 Å². The van der Waals surface area contributed by atoms with Crippen molar-refractivity contribution in [2.24, 2.45) is 0 Å². The molecule has 0 aliphatic rings. The molecule has 0 saturated heterocycles. The van der Waals surface area contributed by atoms with Crippen molar-refractivity contribution in [3.8, 4) is 45.3 Å². The first-order valence-corrected chi connectivity index (χ1v) is 11.1. The Morgan fingerprint density at radius 2 is 0.839 bits per heavy atom. The van der Waals surface area contributed by atoms with Gasteiger partial charge in [-0.1, -0.05) is 91.0 Å². The molecule has 0 N–H and O–H groups in total. The molecule has 0 bridgehead atoms. The lowest BCUT2D eigenvalue weighted by atomic mass is 10.0. The Kier molecular flexibility index (Phi) is 5.54. The molecule has 148 valence electrons. The van der Waals surface area contributed by atoms with E-state index in [1.165, 1.54) is 5.56 Å². The number of rotatable bonds is 4. The third kappa shape index (κ3) is 4.39. The summed E-state index contributed by atoms with van der Waals surface area (Å²) in [7, 11) is 0. The zero-order chi connectivity index (χ0) is 21.0. The minimum absolute atomic E-state index is 0.667. The first kappa shape index (κ1) is 19.6. The van der Waals surface area contributed by atoms with E-state index in [-0.39, 0.29) is 0 Å². The molecule has 5 rings (SSSR count). The van der Waals surface area contributed by atoms with Gasteiger partial charge < -0.3 is 0 Å². The van der Waals surface area contributed by atoms with Gasteiger partial charge in [-0.3, -0.25) is 0 Å². The minimum Gasteiger partial charge on any atom is -0.208 e. The summed E-state index contributed by atoms with van der Waals surface area (Å²) >= 11 is 2.31. The molecule has 0 aliphatic heterocycles. The molecule has 0 unspecified atom stereocenters. The summed E-state index contributed by atoms with van der Waals surface area (Å²) in [5, 5.41) is 0. The molecule has 0 atom stereocenters. The largest absolute Gasteiger partial charge is 0.208 e. The van der Waals surface area contributed by atoms with E-state index in [9.17, 15) is 0 Å². The quantitative estimate of drug-likeness (QED) is 0.241. The van der Waals surface area contributed by atoms with Gasteiger partial charge in [0.25, 0.3) is 0 Å². The summed E-state index contributed by atoms with van der Waals surface area (Å²) in [5.41, 5.74) is 5.21. The van der Waals surface area contributed by atoms with E-state index in [2.05, 4.69) is 71.1 Å². The van der Waals surface area contributed by atoms with Gasteiger partial charge in [0.2, 0.25) is 0 Å². The van der Waals surface area contributed by atoms with Crippen molar-refractivity contribution in [1.29, 1.82) is 0 Å². The van der Waals surface area contributed by atoms with Crippen LogP contribution in [0.5, 0.6) is 0 Å². The fraction of sp³-hybridized carbons (Fsp3) is 0. The highest BCUT2D eigenvalue weighted by molar-refractivity contribution is 14.1. The predicted molar refractivity (Wildman–Crippen MR) is 134 cm³/mol. The van der Waals surface area contributed by atoms with Crippen LogP contribution in [0.4, 0.5) is 0 Å². The molecule has 0 aliphatic carbocycles. The summed E-state index contributed by atoms with van der Waals surface area (Å²) in [6.07, 6.45) is 0. The van der Waals surface area contributed by atoms with Crippen molar-refractivity contribution in [3.05, 3.63) is 113 Å². The highest BCUT2D eigenvalue weighted by atomic mass is 127. The van der Waals surface area contributed by atoms with Crippen molar-refractivity contribution in [3.63, 3.8) is 0 Å². The summed E-state index contributed by atoms with van der Waals surface area (Å²) in [4.78, 5) is 14.5. The molecule has 5 aromatic rings. The molecule has 31 heavy (non-hydrogen) atoms. The van der Waals surface area contributed by atoms with Crippen LogP contribution in [-0.4, -0.2) is 15.0 Å². The molecule has 1 heterocycles. The first-order chi connectivity index (χ1) is 15.3. The molecular formula is C27H18IN3. The predicted octanol–water partition coefficient (Wildman–Crippen LogP) is 7.14. The number of aromatic nitrogens is 3. The van der Waals surface area contributed by atoms with Crippen LogP contribution < -0.4 is 0 Å². The van der Waals surface area contributed by atoms with Gasteiger partial charge in [-0.2, -0.15) is 0 Å². The maximum Gasteiger partial charge on any atom is 0.164 e. The molecule has 0 radical (unpaired) electrons. The van der Waals surface area contributed by atoms with Crippen molar-refractivity contribution in [1.82, 2.24) is 15.0 Å². The Balaban J connectivity index is 1.67. The topological polar surface area (TPSA) is 38.7 Å². The minimum atomic E-state index is 0.667. The Bertz CT molecular complexity index is 1340. The zero-order valence-corrected chi connectivity index (χ0v) is 18.8. The number of nitrogens with zero attached hydrogens (tertiary/aromatic N) is 3. The maximum atomic E-state index is 4.85. The second-order valence-electron chi connectivity index (χ2n) is 7.13. The summed E-state index contributed by atoms with van der Waals surface area (Å²) in [6, 6.07) is 37.0. The molecule has 1 aromatic heterocycles. The van der Waals surface area contributed by atoms with E-state index in [0.717, 1.165) is 25.8 Å². The van der Waals surface area contributed by atoms with Crippen molar-refractivity contribution in [2.45, 2.75) is 0 Å². The van der Waals surface area contributed by atoms with Crippen LogP contribution in [0.25, 0.3) is 45.3 Å². The lowest BCUT2D eigenvalue weighted by Gasteiger charge is -2.10. The van der Waals surface area contributed by atoms with Gasteiger partial charge in [0.05, 0.1) is 0 Å². The molecule has 0 spiro atoms. The molecule has 3 nitrogen and oxygen atoms in total. The van der Waals surface area contributed by atoms with Gasteiger partial charge in [-0.05, 0) is 51.9 Å². The number of hydrogen-bond acceptors (Lipinski definition) is 3. The average molecular weight is 511 g/mol. The molecular weight excluding hydrogens is 493 g/mol. The second kappa shape index (κ2) is 8.78. The maximum absolute atomic E-state index is 4.85. The molecule has 4 aromatic carbocycles. The van der Waals surface area contributed by atoms with E-state index < -0.39 is 0 Å². The number of benzene rings is 4. The monoisotopic (exact) mass is 511 g/mol. The highest BCUT2D eigenvalue weighted by Crippen LogP contribution is 2.28. The average Bonchev–Trinajstić information content (AvgIpc) is 2.85. The molecule has 0 saturated carbocycles. The normalized spacial score (nSPS) is 10.7. The van der Waals surface area contributed by atoms with Crippen LogP contribution in [0.15, 0.2) is 109 Å². The highest BCUT2D eigenvalue weighted by Gasteiger charge is 2.13. The Morgan fingerprint density at radius 1 is 0.387 bits per heavy atom. The Hall–Kier alpha value is -3.38. The third-order valence-electron chi connectivity index (χ3n) is 4.98. The van der Waals surface area contributed by atoms with Crippen LogP contribution in [0.3, 0.4) is 0 Å². The van der Waals surface area contributed by atoms with E-state index in [4.69, 9.17) is 15.0 Å². The summed E-state index contributed by atoms with van der Waals surface area (Å²) in [6.45, 7) is 0. The smallest absolute Gasteiger partial charge is 0.164 e. The van der Waals surface area contributed by atoms with Crippen molar-refractivity contribution < 1.29 is 0 Å². The van der Waals surface area contributed by atoms with Crippen LogP contribution >= 0.6 is 22.6 Å². The Labute approximate surface area is 195 Å². The number of halogens is 1. The summed E-state index contributed by atoms with van der Waals surface area (Å²) < 4.78 is 1.14. The zero-order valence-electron chi connectivity index (χ0n) is 16.6. The second-order valence-corrected chi connectivity index (χ2v) is 8.38. The van der Waals surface area contributed by atoms with Crippen molar-refractivity contribution >= 4 is 22.6 Å². The molecule has 0 fully saturated rings. The van der Waals surface area contributed by atoms with Crippen LogP contribution in [0, 0.1) is 3.57 Å². The van der Waals surface area contributed by atoms with Gasteiger partial charge in [0, 0.05) is 20.3 Å². The van der Waals surface area contributed by atoms with E-state index in [1.807, 2.05) is 60.7 Å². The van der Waals surface area contributed by atoms with Gasteiger partial charge in [-0.15, -0.1) is 0 Å². The van der Waals surface area contributed by atoms with Gasteiger partial charge in [0.15, 0.2) is 17.5 Å². The van der Waals surface area contributed by atoms with E-state index >= 15 is 0 Å². The van der Waals surface area contributed by atoms with Crippen LogP contribution in [0.1, 0.15) is 0 Å². The van der Waals surface area contributed by atoms with Gasteiger partial charge >= 0.3 is 0 Å². The SMILES string of the molecule is Ic1cccc(-c2nc(-c3ccccc3)nc(-c3cccc(-c4ccccc4)c3)n2)c1. The Morgan fingerprint density at radius 3 is 1.45 bits per heavy atom. The molecule has 4 heteroatoms. The van der Waals surface area contributed by atoms with Gasteiger partial charge in [-0.25, -0.2) is 15.0 Å². The fourth-order valence-electron chi connectivity index (χ4n) is 3.45. The van der Waals surface area contributed by atoms with Crippen LogP contribution in [0.2, 0.25) is 0 Å². The lowest BCUT2D eigenvalue weighted by Crippen LogP contribution is -2.00. The van der Waals surface area contributed by atoms with Gasteiger partial charge in [0.1, 0.15) is 0 Å². The van der Waals surface area contributed by atoms with Crippen LogP contribution in [-0.2, 0) is 0 Å². The standard InChI is InChI=1S/C27H18IN3/c28-24-16-8-15-23(18-24)27-30-25(20-11-5-2-6-12-20)29-26(31-27)22-14-7-13-21(17-22)19-9-3-1-4-10-19/h1-18H. The van der Waals surface area contributed by atoms with E-state index in [1.54, 1.807) is 0 Å². The lowest BCUT2D eigenvalue weighted by molar-refractivity contribution is 1.07.